The highest BCUT2D eigenvalue weighted by atomic mass is 19.4. The zero-order chi connectivity index (χ0) is 22.8. The average Bonchev–Trinajstić information content (AvgIpc) is 3.09. The van der Waals surface area contributed by atoms with E-state index >= 15 is 0 Å². The van der Waals surface area contributed by atoms with E-state index in [0.717, 1.165) is 4.68 Å². The first-order valence-electron chi connectivity index (χ1n) is 9.01. The van der Waals surface area contributed by atoms with Gasteiger partial charge in [0.2, 0.25) is 0 Å². The minimum atomic E-state index is -4.72. The number of benzene rings is 2. The summed E-state index contributed by atoms with van der Waals surface area (Å²) in [5, 5.41) is 6.15. The second-order valence-electron chi connectivity index (χ2n) is 6.45. The summed E-state index contributed by atoms with van der Waals surface area (Å²) in [6.45, 7) is 0. The van der Waals surface area contributed by atoms with Crippen molar-refractivity contribution in [3.8, 4) is 28.4 Å². The number of ether oxygens (including phenoxy) is 3. The van der Waals surface area contributed by atoms with Crippen LogP contribution in [0.2, 0.25) is 0 Å². The van der Waals surface area contributed by atoms with Gasteiger partial charge in [-0.05, 0) is 35.9 Å². The molecule has 7 nitrogen and oxygen atoms in total. The third-order valence-corrected chi connectivity index (χ3v) is 4.57. The van der Waals surface area contributed by atoms with Crippen LogP contribution < -0.4 is 19.5 Å². The van der Waals surface area contributed by atoms with Gasteiger partial charge in [0.25, 0.3) is 5.91 Å². The zero-order valence-electron chi connectivity index (χ0n) is 17.2. The van der Waals surface area contributed by atoms with E-state index in [1.807, 2.05) is 0 Å². The fourth-order valence-corrected chi connectivity index (χ4v) is 3.05. The third-order valence-electron chi connectivity index (χ3n) is 4.57. The molecule has 3 aromatic rings. The van der Waals surface area contributed by atoms with Gasteiger partial charge in [0, 0.05) is 12.6 Å². The van der Waals surface area contributed by atoms with Crippen LogP contribution in [0.4, 0.5) is 19.0 Å². The van der Waals surface area contributed by atoms with Gasteiger partial charge in [0.05, 0.1) is 26.9 Å². The Labute approximate surface area is 176 Å². The Bertz CT molecular complexity index is 1090. The third kappa shape index (κ3) is 4.42. The first kappa shape index (κ1) is 22.0. The van der Waals surface area contributed by atoms with E-state index in [1.54, 1.807) is 0 Å². The van der Waals surface area contributed by atoms with Crippen molar-refractivity contribution in [3.05, 3.63) is 53.7 Å². The number of nitrogens with one attached hydrogen (secondary N) is 1. The molecule has 1 heterocycles. The molecule has 0 radical (unpaired) electrons. The predicted molar refractivity (Wildman–Crippen MR) is 108 cm³/mol. The first-order chi connectivity index (χ1) is 14.7. The van der Waals surface area contributed by atoms with Crippen LogP contribution in [0.15, 0.2) is 42.5 Å². The number of aryl methyl sites for hydroxylation is 1. The molecule has 0 bridgehead atoms. The Morgan fingerprint density at radius 1 is 0.968 bits per heavy atom. The van der Waals surface area contributed by atoms with Gasteiger partial charge in [-0.3, -0.25) is 9.48 Å². The van der Waals surface area contributed by atoms with E-state index < -0.39 is 17.8 Å². The molecular formula is C21H20F3N3O4. The van der Waals surface area contributed by atoms with Gasteiger partial charge < -0.3 is 19.5 Å². The number of alkyl halides is 3. The molecule has 0 unspecified atom stereocenters. The number of methoxy groups -OCH3 is 3. The first-order valence-corrected chi connectivity index (χ1v) is 9.01. The van der Waals surface area contributed by atoms with Crippen molar-refractivity contribution in [2.75, 3.05) is 26.6 Å². The lowest BCUT2D eigenvalue weighted by atomic mass is 10.0. The number of carbonyl (C=O) groups excluding carboxylic acids is 1. The van der Waals surface area contributed by atoms with Crippen LogP contribution in [0, 0.1) is 0 Å². The van der Waals surface area contributed by atoms with Crippen LogP contribution in [0.3, 0.4) is 0 Å². The van der Waals surface area contributed by atoms with E-state index in [2.05, 4.69) is 10.4 Å². The van der Waals surface area contributed by atoms with Crippen molar-refractivity contribution in [3.63, 3.8) is 0 Å². The minimum Gasteiger partial charge on any atom is -0.497 e. The highest BCUT2D eigenvalue weighted by Crippen LogP contribution is 2.41. The molecule has 31 heavy (non-hydrogen) atoms. The van der Waals surface area contributed by atoms with Crippen LogP contribution >= 0.6 is 0 Å². The van der Waals surface area contributed by atoms with Gasteiger partial charge >= 0.3 is 6.18 Å². The summed E-state index contributed by atoms with van der Waals surface area (Å²) >= 11 is 0. The van der Waals surface area contributed by atoms with Crippen LogP contribution in [0.5, 0.6) is 17.2 Å². The average molecular weight is 435 g/mol. The minimum absolute atomic E-state index is 0.0997. The summed E-state index contributed by atoms with van der Waals surface area (Å²) in [7, 11) is 5.65. The maximum absolute atomic E-state index is 13.7. The van der Waals surface area contributed by atoms with Crippen molar-refractivity contribution in [2.45, 2.75) is 6.18 Å². The predicted octanol–water partition coefficient (Wildman–Crippen LogP) is 4.38. The lowest BCUT2D eigenvalue weighted by Crippen LogP contribution is -2.15. The summed E-state index contributed by atoms with van der Waals surface area (Å²) in [5.41, 5.74) is -0.953. The van der Waals surface area contributed by atoms with Gasteiger partial charge in [0.15, 0.2) is 17.2 Å². The smallest absolute Gasteiger partial charge is 0.435 e. The Morgan fingerprint density at radius 2 is 1.61 bits per heavy atom. The molecule has 1 amide bonds. The second-order valence-corrected chi connectivity index (χ2v) is 6.45. The largest absolute Gasteiger partial charge is 0.497 e. The number of rotatable bonds is 6. The number of hydrogen-bond donors (Lipinski definition) is 1. The fourth-order valence-electron chi connectivity index (χ4n) is 3.05. The molecule has 3 rings (SSSR count). The molecule has 1 N–H and O–H groups in total. The number of amides is 1. The molecule has 10 heteroatoms. The molecule has 164 valence electrons. The molecule has 2 aromatic carbocycles. The SMILES string of the molecule is COc1ccc(-c2c(C(F)(F)F)nn(C)c2NC(=O)c2ccc(OC)c(OC)c2)cc1. The summed E-state index contributed by atoms with van der Waals surface area (Å²) in [6, 6.07) is 10.4. The van der Waals surface area contributed by atoms with Gasteiger partial charge in [-0.25, -0.2) is 0 Å². The lowest BCUT2D eigenvalue weighted by molar-refractivity contribution is -0.140. The number of nitrogens with zero attached hydrogens (tertiary/aromatic N) is 2. The van der Waals surface area contributed by atoms with Crippen molar-refractivity contribution in [1.29, 1.82) is 0 Å². The highest BCUT2D eigenvalue weighted by molar-refractivity contribution is 6.06. The molecule has 0 saturated carbocycles. The monoisotopic (exact) mass is 435 g/mol. The maximum Gasteiger partial charge on any atom is 0.435 e. The summed E-state index contributed by atoms with van der Waals surface area (Å²) < 4.78 is 57.4. The molecule has 0 fully saturated rings. The van der Waals surface area contributed by atoms with Gasteiger partial charge in [0.1, 0.15) is 11.6 Å². The van der Waals surface area contributed by atoms with Crippen LogP contribution in [0.1, 0.15) is 16.1 Å². The van der Waals surface area contributed by atoms with Crippen molar-refractivity contribution in [1.82, 2.24) is 9.78 Å². The fraction of sp³-hybridized carbons (Fsp3) is 0.238. The number of aromatic nitrogens is 2. The Kier molecular flexibility index (Phi) is 6.09. The van der Waals surface area contributed by atoms with E-state index in [4.69, 9.17) is 14.2 Å². The molecule has 0 atom stereocenters. The molecule has 0 spiro atoms. The van der Waals surface area contributed by atoms with Crippen LogP contribution in [0.25, 0.3) is 11.1 Å². The van der Waals surface area contributed by atoms with E-state index in [1.165, 1.54) is 70.8 Å². The quantitative estimate of drug-likeness (QED) is 0.622. The Morgan fingerprint density at radius 3 is 2.16 bits per heavy atom. The topological polar surface area (TPSA) is 74.6 Å². The summed E-state index contributed by atoms with van der Waals surface area (Å²) in [4.78, 5) is 12.8. The van der Waals surface area contributed by atoms with E-state index in [0.29, 0.717) is 17.2 Å². The molecule has 0 saturated heterocycles. The normalized spacial score (nSPS) is 11.2. The van der Waals surface area contributed by atoms with Crippen molar-refractivity contribution < 1.29 is 32.2 Å². The van der Waals surface area contributed by atoms with Crippen molar-refractivity contribution >= 4 is 11.7 Å². The Hall–Kier alpha value is -3.69. The molecule has 1 aromatic heterocycles. The summed E-state index contributed by atoms with van der Waals surface area (Å²) in [6.07, 6.45) is -4.72. The molecular weight excluding hydrogens is 415 g/mol. The number of carbonyl (C=O) groups is 1. The summed E-state index contributed by atoms with van der Waals surface area (Å²) in [5.74, 6) is 0.478. The molecule has 0 aliphatic rings. The number of halogens is 3. The second kappa shape index (κ2) is 8.58. The van der Waals surface area contributed by atoms with Gasteiger partial charge in [-0.15, -0.1) is 0 Å². The van der Waals surface area contributed by atoms with E-state index in [-0.39, 0.29) is 22.5 Å². The van der Waals surface area contributed by atoms with Crippen LogP contribution in [-0.4, -0.2) is 37.0 Å². The van der Waals surface area contributed by atoms with E-state index in [9.17, 15) is 18.0 Å². The zero-order valence-corrected chi connectivity index (χ0v) is 17.2. The highest BCUT2D eigenvalue weighted by Gasteiger charge is 2.39. The maximum atomic E-state index is 13.7. The van der Waals surface area contributed by atoms with Gasteiger partial charge in [-0.1, -0.05) is 12.1 Å². The Balaban J connectivity index is 2.06. The number of anilines is 1. The van der Waals surface area contributed by atoms with Crippen LogP contribution in [-0.2, 0) is 13.2 Å². The standard InChI is InChI=1S/C21H20F3N3O4/c1-27-19(25-20(28)13-7-10-15(30-3)16(11-13)31-4)17(18(26-27)21(22,23)24)12-5-8-14(29-2)9-6-12/h5-11H,1-4H3,(H,25,28). The van der Waals surface area contributed by atoms with Crippen molar-refractivity contribution in [2.24, 2.45) is 7.05 Å². The lowest BCUT2D eigenvalue weighted by Gasteiger charge is -2.12. The van der Waals surface area contributed by atoms with Gasteiger partial charge in [-0.2, -0.15) is 18.3 Å². The molecule has 0 aliphatic heterocycles. The molecule has 0 aliphatic carbocycles. The number of hydrogen-bond acceptors (Lipinski definition) is 5.